The molecule has 0 aromatic carbocycles. The van der Waals surface area contributed by atoms with Gasteiger partial charge in [-0.15, -0.1) is 0 Å². The van der Waals surface area contributed by atoms with Gasteiger partial charge in [-0.25, -0.2) is 0 Å². The highest BCUT2D eigenvalue weighted by Crippen LogP contribution is 2.34. The number of H-pyrrole nitrogens is 1. The zero-order chi connectivity index (χ0) is 17.1. The fourth-order valence-corrected chi connectivity index (χ4v) is 4.05. The third-order valence-corrected chi connectivity index (χ3v) is 5.34. The van der Waals surface area contributed by atoms with E-state index in [9.17, 15) is 4.79 Å². The number of nitrogens with zero attached hydrogens (tertiary/aromatic N) is 2. The molecule has 134 valence electrons. The number of hydrogen-bond acceptors (Lipinski definition) is 4. The lowest BCUT2D eigenvalue weighted by Gasteiger charge is -2.40. The number of carbonyl (C=O) groups excluding carboxylic acids is 1. The van der Waals surface area contributed by atoms with Gasteiger partial charge in [0.25, 0.3) is 5.91 Å². The van der Waals surface area contributed by atoms with Gasteiger partial charge >= 0.3 is 0 Å². The second-order valence-corrected chi connectivity index (χ2v) is 7.08. The maximum Gasteiger partial charge on any atom is 0.269 e. The highest BCUT2D eigenvalue weighted by molar-refractivity contribution is 5.92. The first kappa shape index (κ1) is 17.5. The predicted molar refractivity (Wildman–Crippen MR) is 92.0 cm³/mol. The first-order chi connectivity index (χ1) is 11.6. The molecule has 6 nitrogen and oxygen atoms in total. The van der Waals surface area contributed by atoms with E-state index in [0.29, 0.717) is 23.8 Å². The second kappa shape index (κ2) is 7.68. The summed E-state index contributed by atoms with van der Waals surface area (Å²) in [6.07, 6.45) is 3.93. The van der Waals surface area contributed by atoms with E-state index < -0.39 is 0 Å². The van der Waals surface area contributed by atoms with Crippen LogP contribution in [0.1, 0.15) is 35.4 Å². The van der Waals surface area contributed by atoms with Crippen LogP contribution in [0, 0.1) is 5.92 Å². The Morgan fingerprint density at radius 3 is 3.00 bits per heavy atom. The molecule has 1 aromatic rings. The van der Waals surface area contributed by atoms with Crippen molar-refractivity contribution in [1.82, 2.24) is 14.8 Å². The quantitative estimate of drug-likeness (QED) is 0.890. The zero-order valence-corrected chi connectivity index (χ0v) is 15.0. The lowest BCUT2D eigenvalue weighted by atomic mass is 9.94. The summed E-state index contributed by atoms with van der Waals surface area (Å²) in [7, 11) is 5.36. The van der Waals surface area contributed by atoms with Crippen LogP contribution in [-0.2, 0) is 16.0 Å². The summed E-state index contributed by atoms with van der Waals surface area (Å²) >= 11 is 0. The molecule has 1 aromatic heterocycles. The van der Waals surface area contributed by atoms with Crippen molar-refractivity contribution in [1.29, 1.82) is 0 Å². The molecular formula is C18H29N3O3. The van der Waals surface area contributed by atoms with Crippen LogP contribution in [0.4, 0.5) is 0 Å². The summed E-state index contributed by atoms with van der Waals surface area (Å²) in [5.41, 5.74) is 1.73. The van der Waals surface area contributed by atoms with E-state index in [0.717, 1.165) is 38.4 Å². The van der Waals surface area contributed by atoms with Crippen LogP contribution in [0.3, 0.4) is 0 Å². The monoisotopic (exact) mass is 335 g/mol. The number of ether oxygens (including phenoxy) is 2. The molecule has 0 bridgehead atoms. The van der Waals surface area contributed by atoms with Crippen LogP contribution in [0.25, 0.3) is 0 Å². The molecule has 2 fully saturated rings. The van der Waals surface area contributed by atoms with Crippen molar-refractivity contribution >= 4 is 5.91 Å². The number of aromatic amines is 1. The third-order valence-electron chi connectivity index (χ3n) is 5.34. The molecule has 0 unspecified atom stereocenters. The van der Waals surface area contributed by atoms with Gasteiger partial charge in [0.15, 0.2) is 0 Å². The van der Waals surface area contributed by atoms with Crippen LogP contribution in [0.2, 0.25) is 0 Å². The van der Waals surface area contributed by atoms with Gasteiger partial charge in [-0.2, -0.15) is 0 Å². The van der Waals surface area contributed by atoms with E-state index in [1.807, 2.05) is 19.2 Å². The SMILES string of the molecule is CO[C@@H]1CCC[C@@H]1[C@H]1COCCN1Cc1ccc(C(=O)N(C)C)[nH]1. The van der Waals surface area contributed by atoms with E-state index in [1.165, 1.54) is 12.8 Å². The van der Waals surface area contributed by atoms with Gasteiger partial charge in [-0.05, 0) is 25.0 Å². The molecule has 3 rings (SSSR count). The summed E-state index contributed by atoms with van der Waals surface area (Å²) < 4.78 is 11.5. The van der Waals surface area contributed by atoms with E-state index in [4.69, 9.17) is 9.47 Å². The number of nitrogens with one attached hydrogen (secondary N) is 1. The van der Waals surface area contributed by atoms with Crippen LogP contribution in [-0.4, -0.2) is 73.8 Å². The van der Waals surface area contributed by atoms with Crippen molar-refractivity contribution in [2.75, 3.05) is 41.0 Å². The summed E-state index contributed by atoms with van der Waals surface area (Å²) in [6.45, 7) is 3.29. The number of aromatic nitrogens is 1. The number of amides is 1. The molecule has 6 heteroatoms. The van der Waals surface area contributed by atoms with Gasteiger partial charge in [-0.3, -0.25) is 9.69 Å². The predicted octanol–water partition coefficient (Wildman–Crippen LogP) is 1.73. The number of rotatable bonds is 5. The summed E-state index contributed by atoms with van der Waals surface area (Å²) in [5.74, 6) is 0.545. The zero-order valence-electron chi connectivity index (χ0n) is 15.0. The van der Waals surface area contributed by atoms with Crippen molar-refractivity contribution in [3.8, 4) is 0 Å². The number of methoxy groups -OCH3 is 1. The van der Waals surface area contributed by atoms with Crippen LogP contribution < -0.4 is 0 Å². The van der Waals surface area contributed by atoms with E-state index in [2.05, 4.69) is 9.88 Å². The summed E-state index contributed by atoms with van der Waals surface area (Å²) in [5, 5.41) is 0. The minimum atomic E-state index is 0.00928. The molecule has 1 aliphatic heterocycles. The Kier molecular flexibility index (Phi) is 5.58. The topological polar surface area (TPSA) is 57.8 Å². The number of carbonyl (C=O) groups is 1. The average Bonchev–Trinajstić information content (AvgIpc) is 3.23. The first-order valence-electron chi connectivity index (χ1n) is 8.84. The fraction of sp³-hybridized carbons (Fsp3) is 0.722. The molecule has 1 aliphatic carbocycles. The molecule has 1 saturated carbocycles. The first-order valence-corrected chi connectivity index (χ1v) is 8.84. The van der Waals surface area contributed by atoms with Crippen LogP contribution in [0.15, 0.2) is 12.1 Å². The molecule has 3 atom stereocenters. The Morgan fingerprint density at radius 1 is 1.42 bits per heavy atom. The highest BCUT2D eigenvalue weighted by Gasteiger charge is 2.38. The molecule has 2 heterocycles. The van der Waals surface area contributed by atoms with Crippen molar-refractivity contribution in [3.63, 3.8) is 0 Å². The molecular weight excluding hydrogens is 306 g/mol. The fourth-order valence-electron chi connectivity index (χ4n) is 4.05. The largest absolute Gasteiger partial charge is 0.381 e. The molecule has 0 radical (unpaired) electrons. The van der Waals surface area contributed by atoms with Crippen molar-refractivity contribution in [2.45, 2.75) is 38.0 Å². The Balaban J connectivity index is 1.69. The van der Waals surface area contributed by atoms with E-state index in [-0.39, 0.29) is 5.91 Å². The molecule has 1 amide bonds. The minimum absolute atomic E-state index is 0.00928. The smallest absolute Gasteiger partial charge is 0.269 e. The highest BCUT2D eigenvalue weighted by atomic mass is 16.5. The number of hydrogen-bond donors (Lipinski definition) is 1. The summed E-state index contributed by atoms with van der Waals surface area (Å²) in [6, 6.07) is 4.29. The Hall–Kier alpha value is -1.37. The van der Waals surface area contributed by atoms with Crippen molar-refractivity contribution in [2.24, 2.45) is 5.92 Å². The molecule has 1 N–H and O–H groups in total. The van der Waals surface area contributed by atoms with Gasteiger partial charge in [-0.1, -0.05) is 6.42 Å². The number of morpholine rings is 1. The average molecular weight is 335 g/mol. The maximum atomic E-state index is 12.0. The summed E-state index contributed by atoms with van der Waals surface area (Å²) in [4.78, 5) is 19.4. The van der Waals surface area contributed by atoms with Gasteiger partial charge in [0.05, 0.1) is 19.3 Å². The normalized spacial score (nSPS) is 28.2. The van der Waals surface area contributed by atoms with Gasteiger partial charge in [0, 0.05) is 51.9 Å². The third kappa shape index (κ3) is 3.66. The Labute approximate surface area is 144 Å². The lowest BCUT2D eigenvalue weighted by Crippen LogP contribution is -2.50. The van der Waals surface area contributed by atoms with Crippen LogP contribution in [0.5, 0.6) is 0 Å². The van der Waals surface area contributed by atoms with Gasteiger partial charge < -0.3 is 19.4 Å². The van der Waals surface area contributed by atoms with Crippen molar-refractivity contribution in [3.05, 3.63) is 23.5 Å². The second-order valence-electron chi connectivity index (χ2n) is 7.08. The van der Waals surface area contributed by atoms with E-state index >= 15 is 0 Å². The Bertz CT molecular complexity index is 557. The van der Waals surface area contributed by atoms with Crippen molar-refractivity contribution < 1.29 is 14.3 Å². The molecule has 24 heavy (non-hydrogen) atoms. The van der Waals surface area contributed by atoms with Gasteiger partial charge in [0.1, 0.15) is 5.69 Å². The molecule has 0 spiro atoms. The lowest BCUT2D eigenvalue weighted by molar-refractivity contribution is -0.0611. The van der Waals surface area contributed by atoms with E-state index in [1.54, 1.807) is 19.0 Å². The van der Waals surface area contributed by atoms with Crippen LogP contribution >= 0.6 is 0 Å². The molecule has 1 saturated heterocycles. The Morgan fingerprint density at radius 2 is 2.25 bits per heavy atom. The minimum Gasteiger partial charge on any atom is -0.381 e. The maximum absolute atomic E-state index is 12.0. The molecule has 2 aliphatic rings. The van der Waals surface area contributed by atoms with Gasteiger partial charge in [0.2, 0.25) is 0 Å². The standard InChI is InChI=1S/C18H29N3O3/c1-20(2)18(22)15-8-7-13(19-15)11-21-9-10-24-12-16(21)14-5-4-6-17(14)23-3/h7-8,14,16-17,19H,4-6,9-12H2,1-3H3/t14-,16-,17-/m1/s1.